The highest BCUT2D eigenvalue weighted by atomic mass is 16.6. The Morgan fingerprint density at radius 1 is 0.897 bits per heavy atom. The summed E-state index contributed by atoms with van der Waals surface area (Å²) in [5.41, 5.74) is 3.51. The molecule has 0 aliphatic rings. The number of furan rings is 2. The quantitative estimate of drug-likeness (QED) is 0.123. The molecule has 2 aromatic carbocycles. The second-order valence-corrected chi connectivity index (χ2v) is 7.99. The van der Waals surface area contributed by atoms with Crippen LogP contribution in [0.1, 0.15) is 45.1 Å². The van der Waals surface area contributed by atoms with Gasteiger partial charge in [0.25, 0.3) is 5.69 Å². The van der Waals surface area contributed by atoms with Crippen molar-refractivity contribution < 1.29 is 37.6 Å². The third-order valence-electron chi connectivity index (χ3n) is 5.33. The Morgan fingerprint density at radius 3 is 2.23 bits per heavy atom. The SMILES string of the molecule is COC(=O)c1ccc(COc2ccccc2C(C)=NNC(=O)c2ccc(COc3ccc([N+](=O)[O-])cc3)o2)o1. The van der Waals surface area contributed by atoms with Gasteiger partial charge in [-0.3, -0.25) is 14.9 Å². The Labute approximate surface area is 221 Å². The van der Waals surface area contributed by atoms with Crippen LogP contribution in [0.15, 0.2) is 86.7 Å². The zero-order chi connectivity index (χ0) is 27.8. The Morgan fingerprint density at radius 2 is 1.54 bits per heavy atom. The summed E-state index contributed by atoms with van der Waals surface area (Å²) in [6.45, 7) is 1.79. The number of nitrogens with zero attached hydrogens (tertiary/aromatic N) is 2. The number of esters is 1. The van der Waals surface area contributed by atoms with Crippen LogP contribution < -0.4 is 14.9 Å². The molecule has 1 N–H and O–H groups in total. The first-order chi connectivity index (χ1) is 18.8. The Bertz CT molecular complexity index is 1500. The normalized spacial score (nSPS) is 11.1. The molecule has 39 heavy (non-hydrogen) atoms. The van der Waals surface area contributed by atoms with Crippen LogP contribution in [0.2, 0.25) is 0 Å². The van der Waals surface area contributed by atoms with E-state index in [4.69, 9.17) is 18.3 Å². The number of methoxy groups -OCH3 is 1. The lowest BCUT2D eigenvalue weighted by molar-refractivity contribution is -0.384. The molecular formula is C27H23N3O9. The van der Waals surface area contributed by atoms with Crippen LogP contribution in [0, 0.1) is 10.1 Å². The molecule has 0 spiro atoms. The minimum absolute atomic E-state index is 0.0227. The van der Waals surface area contributed by atoms with Gasteiger partial charge in [-0.2, -0.15) is 5.10 Å². The van der Waals surface area contributed by atoms with Crippen LogP contribution in [0.25, 0.3) is 0 Å². The maximum Gasteiger partial charge on any atom is 0.373 e. The summed E-state index contributed by atoms with van der Waals surface area (Å²) >= 11 is 0. The first-order valence-corrected chi connectivity index (χ1v) is 11.5. The first-order valence-electron chi connectivity index (χ1n) is 11.5. The highest BCUT2D eigenvalue weighted by Gasteiger charge is 2.15. The Hall–Kier alpha value is -5.39. The number of amides is 1. The number of hydrogen-bond acceptors (Lipinski definition) is 10. The minimum atomic E-state index is -0.582. The summed E-state index contributed by atoms with van der Waals surface area (Å²) in [5, 5.41) is 14.9. The van der Waals surface area contributed by atoms with Crippen molar-refractivity contribution in [1.29, 1.82) is 0 Å². The topological polar surface area (TPSA) is 156 Å². The number of rotatable bonds is 11. The lowest BCUT2D eigenvalue weighted by atomic mass is 10.1. The fraction of sp³-hybridized carbons (Fsp3) is 0.148. The van der Waals surface area contributed by atoms with Crippen LogP contribution >= 0.6 is 0 Å². The molecule has 0 aliphatic carbocycles. The molecule has 4 rings (SSSR count). The summed E-state index contributed by atoms with van der Waals surface area (Å²) in [6.07, 6.45) is 0. The van der Waals surface area contributed by atoms with Crippen molar-refractivity contribution in [2.75, 3.05) is 7.11 Å². The van der Waals surface area contributed by atoms with Gasteiger partial charge < -0.3 is 23.0 Å². The third kappa shape index (κ3) is 6.89. The van der Waals surface area contributed by atoms with Crippen molar-refractivity contribution >= 4 is 23.3 Å². The fourth-order valence-electron chi connectivity index (χ4n) is 3.35. The number of para-hydroxylation sites is 1. The van der Waals surface area contributed by atoms with E-state index in [1.165, 1.54) is 43.5 Å². The van der Waals surface area contributed by atoms with Gasteiger partial charge in [0.15, 0.2) is 5.76 Å². The van der Waals surface area contributed by atoms with E-state index in [1.807, 2.05) is 0 Å². The van der Waals surface area contributed by atoms with Crippen LogP contribution in [-0.4, -0.2) is 29.6 Å². The number of benzene rings is 2. The molecule has 4 aromatic rings. The average molecular weight is 533 g/mol. The zero-order valence-corrected chi connectivity index (χ0v) is 20.9. The van der Waals surface area contributed by atoms with Gasteiger partial charge in [0, 0.05) is 17.7 Å². The maximum atomic E-state index is 12.5. The second kappa shape index (κ2) is 12.2. The molecule has 0 unspecified atom stereocenters. The van der Waals surface area contributed by atoms with Crippen molar-refractivity contribution in [2.45, 2.75) is 20.1 Å². The number of carbonyl (C=O) groups excluding carboxylic acids is 2. The molecule has 0 aliphatic heterocycles. The van der Waals surface area contributed by atoms with Gasteiger partial charge in [-0.25, -0.2) is 10.2 Å². The molecule has 0 radical (unpaired) electrons. The molecule has 0 fully saturated rings. The molecule has 12 nitrogen and oxygen atoms in total. The number of ether oxygens (including phenoxy) is 3. The number of nitrogens with one attached hydrogen (secondary N) is 1. The number of hydrazone groups is 1. The number of nitro benzene ring substituents is 1. The maximum absolute atomic E-state index is 12.5. The fourth-order valence-corrected chi connectivity index (χ4v) is 3.35. The largest absolute Gasteiger partial charge is 0.486 e. The second-order valence-electron chi connectivity index (χ2n) is 7.99. The van der Waals surface area contributed by atoms with Gasteiger partial charge in [-0.05, 0) is 55.5 Å². The first kappa shape index (κ1) is 26.7. The van der Waals surface area contributed by atoms with Crippen molar-refractivity contribution in [3.8, 4) is 11.5 Å². The summed E-state index contributed by atoms with van der Waals surface area (Å²) < 4.78 is 26.9. The van der Waals surface area contributed by atoms with Crippen LogP contribution in [0.5, 0.6) is 11.5 Å². The molecule has 0 bridgehead atoms. The molecule has 2 heterocycles. The van der Waals surface area contributed by atoms with Crippen molar-refractivity contribution in [3.05, 3.63) is 112 Å². The zero-order valence-electron chi connectivity index (χ0n) is 20.9. The molecule has 1 amide bonds. The minimum Gasteiger partial charge on any atom is -0.486 e. The smallest absolute Gasteiger partial charge is 0.373 e. The van der Waals surface area contributed by atoms with E-state index in [-0.39, 0.29) is 30.4 Å². The van der Waals surface area contributed by atoms with E-state index in [0.29, 0.717) is 34.3 Å². The average Bonchev–Trinajstić information content (AvgIpc) is 3.64. The number of hydrogen-bond donors (Lipinski definition) is 1. The number of non-ortho nitro benzene ring substituents is 1. The van der Waals surface area contributed by atoms with Gasteiger partial charge in [0.1, 0.15) is 36.2 Å². The van der Waals surface area contributed by atoms with Crippen LogP contribution in [0.4, 0.5) is 5.69 Å². The summed E-state index contributed by atoms with van der Waals surface area (Å²) in [7, 11) is 1.27. The highest BCUT2D eigenvalue weighted by Crippen LogP contribution is 2.22. The molecule has 0 saturated carbocycles. The monoisotopic (exact) mass is 533 g/mol. The van der Waals surface area contributed by atoms with E-state index in [2.05, 4.69) is 15.3 Å². The van der Waals surface area contributed by atoms with E-state index < -0.39 is 16.8 Å². The molecule has 200 valence electrons. The lowest BCUT2D eigenvalue weighted by Crippen LogP contribution is -2.19. The van der Waals surface area contributed by atoms with Gasteiger partial charge in [-0.1, -0.05) is 12.1 Å². The van der Waals surface area contributed by atoms with Crippen LogP contribution in [0.3, 0.4) is 0 Å². The Kier molecular flexibility index (Phi) is 8.36. The predicted octanol–water partition coefficient (Wildman–Crippen LogP) is 4.88. The van der Waals surface area contributed by atoms with E-state index in [0.717, 1.165) is 0 Å². The van der Waals surface area contributed by atoms with Crippen LogP contribution in [-0.2, 0) is 18.0 Å². The predicted molar refractivity (Wildman–Crippen MR) is 137 cm³/mol. The van der Waals surface area contributed by atoms with Gasteiger partial charge in [0.2, 0.25) is 5.76 Å². The summed E-state index contributed by atoms with van der Waals surface area (Å²) in [6, 6.07) is 18.9. The van der Waals surface area contributed by atoms with Gasteiger partial charge in [0.05, 0.1) is 17.7 Å². The standard InChI is InChI=1S/C27H23N3O9/c1-17(22-5-3-4-6-23(22)37-16-21-12-14-25(39-21)27(32)35-2)28-29-26(31)24-13-11-20(38-24)15-36-19-9-7-18(8-10-19)30(33)34/h3-14H,15-16H2,1-2H3,(H,29,31). The molecule has 2 aromatic heterocycles. The number of carbonyl (C=O) groups is 2. The third-order valence-corrected chi connectivity index (χ3v) is 5.33. The highest BCUT2D eigenvalue weighted by molar-refractivity contribution is 6.02. The molecule has 12 heteroatoms. The number of nitro groups is 1. The van der Waals surface area contributed by atoms with Crippen molar-refractivity contribution in [1.82, 2.24) is 5.43 Å². The van der Waals surface area contributed by atoms with E-state index in [9.17, 15) is 19.7 Å². The summed E-state index contributed by atoms with van der Waals surface area (Å²) in [5.74, 6) is 0.668. The van der Waals surface area contributed by atoms with E-state index >= 15 is 0 Å². The molecular weight excluding hydrogens is 510 g/mol. The Balaban J connectivity index is 1.33. The van der Waals surface area contributed by atoms with Gasteiger partial charge >= 0.3 is 11.9 Å². The van der Waals surface area contributed by atoms with Crippen molar-refractivity contribution in [3.63, 3.8) is 0 Å². The summed E-state index contributed by atoms with van der Waals surface area (Å²) in [4.78, 5) is 34.3. The van der Waals surface area contributed by atoms with E-state index in [1.54, 1.807) is 43.3 Å². The van der Waals surface area contributed by atoms with Gasteiger partial charge in [-0.15, -0.1) is 0 Å². The lowest BCUT2D eigenvalue weighted by Gasteiger charge is -2.10. The van der Waals surface area contributed by atoms with Crippen molar-refractivity contribution in [2.24, 2.45) is 5.10 Å². The molecule has 0 atom stereocenters. The molecule has 0 saturated heterocycles.